The fourth-order valence-electron chi connectivity index (χ4n) is 4.21. The van der Waals surface area contributed by atoms with Crippen LogP contribution in [0.2, 0.25) is 0 Å². The van der Waals surface area contributed by atoms with Crippen LogP contribution in [0.4, 0.5) is 0 Å². The normalized spacial score (nSPS) is 15.2. The molecule has 2 aliphatic rings. The number of hydrogen-bond donors (Lipinski definition) is 0. The molecular formula is C26H26N2O5S. The van der Waals surface area contributed by atoms with Crippen molar-refractivity contribution in [2.45, 2.75) is 6.92 Å². The highest BCUT2D eigenvalue weighted by Crippen LogP contribution is 2.37. The molecule has 0 saturated carbocycles. The van der Waals surface area contributed by atoms with Gasteiger partial charge in [-0.3, -0.25) is 9.59 Å². The van der Waals surface area contributed by atoms with Crippen LogP contribution in [0.15, 0.2) is 48.5 Å². The van der Waals surface area contributed by atoms with Gasteiger partial charge in [-0.05, 0) is 60.5 Å². The largest absolute Gasteiger partial charge is 0.496 e. The number of methoxy groups -OCH3 is 1. The number of nitrogens with zero attached hydrogens (tertiary/aromatic N) is 2. The molecule has 3 heterocycles. The zero-order chi connectivity index (χ0) is 23.7. The van der Waals surface area contributed by atoms with E-state index in [1.54, 1.807) is 18.1 Å². The molecule has 176 valence electrons. The Kier molecular flexibility index (Phi) is 6.15. The molecule has 8 heteroatoms. The second-order valence-electron chi connectivity index (χ2n) is 8.29. The minimum atomic E-state index is -0.0394. The van der Waals surface area contributed by atoms with Crippen molar-refractivity contribution < 1.29 is 23.8 Å². The van der Waals surface area contributed by atoms with Crippen molar-refractivity contribution >= 4 is 23.2 Å². The molecular weight excluding hydrogens is 452 g/mol. The van der Waals surface area contributed by atoms with Gasteiger partial charge in [0.15, 0.2) is 11.5 Å². The van der Waals surface area contributed by atoms with Gasteiger partial charge in [0.2, 0.25) is 0 Å². The fourth-order valence-corrected chi connectivity index (χ4v) is 5.18. The first-order valence-electron chi connectivity index (χ1n) is 11.3. The van der Waals surface area contributed by atoms with E-state index in [4.69, 9.17) is 14.2 Å². The number of fused-ring (bicyclic) bond motifs is 1. The predicted octanol–water partition coefficient (Wildman–Crippen LogP) is 4.10. The maximum absolute atomic E-state index is 13.1. The van der Waals surface area contributed by atoms with Crippen molar-refractivity contribution in [1.29, 1.82) is 0 Å². The molecule has 0 spiro atoms. The van der Waals surface area contributed by atoms with E-state index >= 15 is 0 Å². The Labute approximate surface area is 202 Å². The molecule has 0 radical (unpaired) electrons. The minimum Gasteiger partial charge on any atom is -0.496 e. The number of piperazine rings is 1. The lowest BCUT2D eigenvalue weighted by Gasteiger charge is -2.34. The van der Waals surface area contributed by atoms with Crippen LogP contribution in [0.3, 0.4) is 0 Å². The molecule has 2 aliphatic heterocycles. The first kappa shape index (κ1) is 22.3. The van der Waals surface area contributed by atoms with Gasteiger partial charge in [0.05, 0.1) is 12.0 Å². The van der Waals surface area contributed by atoms with Gasteiger partial charge in [0.25, 0.3) is 11.8 Å². The van der Waals surface area contributed by atoms with E-state index in [9.17, 15) is 9.59 Å². The van der Waals surface area contributed by atoms with Crippen LogP contribution in [0, 0.1) is 6.92 Å². The van der Waals surface area contributed by atoms with Crippen molar-refractivity contribution in [2.24, 2.45) is 0 Å². The molecule has 0 atom stereocenters. The Morgan fingerprint density at radius 2 is 1.56 bits per heavy atom. The number of hydrogen-bond acceptors (Lipinski definition) is 6. The summed E-state index contributed by atoms with van der Waals surface area (Å²) in [5.74, 6) is 2.14. The Bertz CT molecular complexity index is 1230. The summed E-state index contributed by atoms with van der Waals surface area (Å²) in [5, 5.41) is 0. The molecule has 2 aromatic carbocycles. The molecule has 34 heavy (non-hydrogen) atoms. The molecule has 0 N–H and O–H groups in total. The number of benzene rings is 2. The SMILES string of the molecule is COc1cc(C(=O)N2CCN(C(=O)c3ccc(-c4ccc5c(c4)OCCO5)s3)CC2)ccc1C. The zero-order valence-corrected chi connectivity index (χ0v) is 20.0. The lowest BCUT2D eigenvalue weighted by atomic mass is 10.1. The topological polar surface area (TPSA) is 68.3 Å². The van der Waals surface area contributed by atoms with Gasteiger partial charge >= 0.3 is 0 Å². The van der Waals surface area contributed by atoms with E-state index in [0.29, 0.717) is 55.6 Å². The summed E-state index contributed by atoms with van der Waals surface area (Å²) in [4.78, 5) is 31.4. The lowest BCUT2D eigenvalue weighted by Crippen LogP contribution is -2.50. The summed E-state index contributed by atoms with van der Waals surface area (Å²) in [6.45, 7) is 5.05. The van der Waals surface area contributed by atoms with Crippen molar-refractivity contribution in [3.63, 3.8) is 0 Å². The summed E-state index contributed by atoms with van der Waals surface area (Å²) in [5.41, 5.74) is 2.59. The second-order valence-corrected chi connectivity index (χ2v) is 9.37. The molecule has 0 aliphatic carbocycles. The monoisotopic (exact) mass is 478 g/mol. The number of thiophene rings is 1. The van der Waals surface area contributed by atoms with E-state index in [2.05, 4.69) is 0 Å². The predicted molar refractivity (Wildman–Crippen MR) is 130 cm³/mol. The van der Waals surface area contributed by atoms with Crippen molar-refractivity contribution in [3.8, 4) is 27.7 Å². The number of ether oxygens (including phenoxy) is 3. The van der Waals surface area contributed by atoms with Gasteiger partial charge in [-0.2, -0.15) is 0 Å². The second kappa shape index (κ2) is 9.38. The Morgan fingerprint density at radius 1 is 0.853 bits per heavy atom. The number of aryl methyl sites for hydroxylation is 1. The smallest absolute Gasteiger partial charge is 0.264 e. The third-order valence-corrected chi connectivity index (χ3v) is 7.27. The molecule has 0 bridgehead atoms. The van der Waals surface area contributed by atoms with E-state index < -0.39 is 0 Å². The van der Waals surface area contributed by atoms with Crippen LogP contribution in [0.25, 0.3) is 10.4 Å². The Balaban J connectivity index is 1.23. The molecule has 2 amide bonds. The summed E-state index contributed by atoms with van der Waals surface area (Å²) in [6, 6.07) is 15.2. The fraction of sp³-hybridized carbons (Fsp3) is 0.308. The highest BCUT2D eigenvalue weighted by atomic mass is 32.1. The first-order valence-corrected chi connectivity index (χ1v) is 12.1. The quantitative estimate of drug-likeness (QED) is 0.565. The summed E-state index contributed by atoms with van der Waals surface area (Å²) < 4.78 is 16.6. The van der Waals surface area contributed by atoms with E-state index in [1.165, 1.54) is 11.3 Å². The third kappa shape index (κ3) is 4.33. The van der Waals surface area contributed by atoms with Crippen LogP contribution in [-0.4, -0.2) is 68.1 Å². The average Bonchev–Trinajstić information content (AvgIpc) is 3.38. The Hall–Kier alpha value is -3.52. The van der Waals surface area contributed by atoms with Crippen LogP contribution in [0.5, 0.6) is 17.2 Å². The molecule has 3 aromatic rings. The Morgan fingerprint density at radius 3 is 2.29 bits per heavy atom. The maximum Gasteiger partial charge on any atom is 0.264 e. The number of amides is 2. The highest BCUT2D eigenvalue weighted by Gasteiger charge is 2.27. The van der Waals surface area contributed by atoms with E-state index in [0.717, 1.165) is 27.5 Å². The van der Waals surface area contributed by atoms with Crippen molar-refractivity contribution in [1.82, 2.24) is 9.80 Å². The van der Waals surface area contributed by atoms with Crippen molar-refractivity contribution in [3.05, 3.63) is 64.5 Å². The maximum atomic E-state index is 13.1. The van der Waals surface area contributed by atoms with Crippen LogP contribution < -0.4 is 14.2 Å². The standard InChI is InChI=1S/C26H26N2O5S/c1-17-3-4-19(16-21(17)31-2)25(29)27-9-11-28(12-10-27)26(30)24-8-7-23(34-24)18-5-6-20-22(15-18)33-14-13-32-20/h3-8,15-16H,9-14H2,1-2H3. The number of rotatable bonds is 4. The zero-order valence-electron chi connectivity index (χ0n) is 19.2. The first-order chi connectivity index (χ1) is 16.5. The molecule has 5 rings (SSSR count). The van der Waals surface area contributed by atoms with E-state index in [-0.39, 0.29) is 11.8 Å². The third-order valence-electron chi connectivity index (χ3n) is 6.15. The van der Waals surface area contributed by atoms with Crippen molar-refractivity contribution in [2.75, 3.05) is 46.5 Å². The molecule has 7 nitrogen and oxygen atoms in total. The molecule has 0 unspecified atom stereocenters. The van der Waals surface area contributed by atoms with Gasteiger partial charge in [-0.1, -0.05) is 6.07 Å². The number of carbonyl (C=O) groups is 2. The van der Waals surface area contributed by atoms with Gasteiger partial charge in [0, 0.05) is 36.6 Å². The lowest BCUT2D eigenvalue weighted by molar-refractivity contribution is 0.0538. The number of carbonyl (C=O) groups excluding carboxylic acids is 2. The molecule has 1 saturated heterocycles. The van der Waals surface area contributed by atoms with E-state index in [1.807, 2.05) is 54.3 Å². The van der Waals surface area contributed by atoms with Gasteiger partial charge in [0.1, 0.15) is 19.0 Å². The van der Waals surface area contributed by atoms with Gasteiger partial charge < -0.3 is 24.0 Å². The molecule has 1 aromatic heterocycles. The summed E-state index contributed by atoms with van der Waals surface area (Å²) in [6.07, 6.45) is 0. The average molecular weight is 479 g/mol. The van der Waals surface area contributed by atoms with Gasteiger partial charge in [-0.15, -0.1) is 11.3 Å². The molecule has 1 fully saturated rings. The van der Waals surface area contributed by atoms with Crippen LogP contribution >= 0.6 is 11.3 Å². The summed E-state index contributed by atoms with van der Waals surface area (Å²) in [7, 11) is 1.60. The minimum absolute atomic E-state index is 0.00195. The summed E-state index contributed by atoms with van der Waals surface area (Å²) >= 11 is 1.47. The van der Waals surface area contributed by atoms with Crippen LogP contribution in [0.1, 0.15) is 25.6 Å². The highest BCUT2D eigenvalue weighted by molar-refractivity contribution is 7.17. The van der Waals surface area contributed by atoms with Crippen LogP contribution in [-0.2, 0) is 0 Å². The van der Waals surface area contributed by atoms with Gasteiger partial charge in [-0.25, -0.2) is 0 Å².